The summed E-state index contributed by atoms with van der Waals surface area (Å²) < 4.78 is 34.0. The van der Waals surface area contributed by atoms with Gasteiger partial charge in [0.2, 0.25) is 15.9 Å². The van der Waals surface area contributed by atoms with E-state index in [9.17, 15) is 18.3 Å². The number of amides is 1. The third-order valence-corrected chi connectivity index (χ3v) is 9.34. The molecule has 2 aromatic rings. The van der Waals surface area contributed by atoms with Crippen LogP contribution in [0.2, 0.25) is 0 Å². The van der Waals surface area contributed by atoms with Crippen molar-refractivity contribution in [3.63, 3.8) is 0 Å². The molecule has 0 heterocycles. The maximum Gasteiger partial charge on any atom is 0.243 e. The first-order valence-corrected chi connectivity index (χ1v) is 14.7. The first-order chi connectivity index (χ1) is 17.5. The lowest BCUT2D eigenvalue weighted by molar-refractivity contribution is -0.147. The molecule has 1 aliphatic carbocycles. The summed E-state index contributed by atoms with van der Waals surface area (Å²) in [6, 6.07) is 15.7. The molecule has 0 radical (unpaired) electrons. The highest BCUT2D eigenvalue weighted by atomic mass is 32.2. The van der Waals surface area contributed by atoms with Crippen molar-refractivity contribution >= 4 is 15.9 Å². The Morgan fingerprint density at radius 2 is 1.65 bits per heavy atom. The predicted molar refractivity (Wildman–Crippen MR) is 146 cm³/mol. The number of carbonyl (C=O) groups excluding carboxylic acids is 1. The third-order valence-electron chi connectivity index (χ3n) is 7.50. The number of hydrogen-bond donors (Lipinski definition) is 1. The second-order valence-electron chi connectivity index (χ2n) is 10.5. The number of aliphatic hydroxyl groups excluding tert-OH is 1. The van der Waals surface area contributed by atoms with Crippen molar-refractivity contribution in [1.82, 2.24) is 9.21 Å². The minimum Gasteiger partial charge on any atom is -0.497 e. The van der Waals surface area contributed by atoms with Crippen LogP contribution in [-0.2, 0) is 20.4 Å². The van der Waals surface area contributed by atoms with E-state index in [-0.39, 0.29) is 35.7 Å². The Kier molecular flexibility index (Phi) is 9.78. The molecule has 1 N–H and O–H groups in total. The quantitative estimate of drug-likeness (QED) is 0.431. The minimum atomic E-state index is -3.91. The largest absolute Gasteiger partial charge is 0.497 e. The summed E-state index contributed by atoms with van der Waals surface area (Å²) in [5.41, 5.74) is -0.331. The number of likely N-dealkylation sites (N-methyl/N-ethyl adjacent to an activating group) is 1. The molecule has 0 aromatic heterocycles. The fourth-order valence-electron chi connectivity index (χ4n) is 5.36. The van der Waals surface area contributed by atoms with Crippen LogP contribution in [-0.4, -0.2) is 61.5 Å². The number of carbonyl (C=O) groups is 1. The molecule has 8 heteroatoms. The Hall–Kier alpha value is -2.42. The van der Waals surface area contributed by atoms with Gasteiger partial charge < -0.3 is 14.7 Å². The summed E-state index contributed by atoms with van der Waals surface area (Å²) in [5, 5.41) is 11.9. The average molecular weight is 531 g/mol. The molecule has 1 amide bonds. The van der Waals surface area contributed by atoms with Crippen molar-refractivity contribution in [3.05, 3.63) is 60.2 Å². The topological polar surface area (TPSA) is 87.2 Å². The molecule has 3 rings (SSSR count). The second kappa shape index (κ2) is 12.4. The van der Waals surface area contributed by atoms with E-state index in [2.05, 4.69) is 0 Å². The lowest BCUT2D eigenvalue weighted by Gasteiger charge is -2.46. The Balaban J connectivity index is 2.02. The summed E-state index contributed by atoms with van der Waals surface area (Å²) in [6.45, 7) is 8.17. The summed E-state index contributed by atoms with van der Waals surface area (Å²) >= 11 is 0. The molecule has 0 bridgehead atoms. The summed E-state index contributed by atoms with van der Waals surface area (Å²) in [7, 11) is -2.38. The Morgan fingerprint density at radius 1 is 1.05 bits per heavy atom. The van der Waals surface area contributed by atoms with Crippen LogP contribution in [0.1, 0.15) is 58.9 Å². The van der Waals surface area contributed by atoms with E-state index in [1.807, 2.05) is 58.0 Å². The van der Waals surface area contributed by atoms with E-state index < -0.39 is 21.7 Å². The molecule has 37 heavy (non-hydrogen) atoms. The fraction of sp³-hybridized carbons (Fsp3) is 0.552. The Bertz CT molecular complexity index is 1110. The molecule has 0 spiro atoms. The van der Waals surface area contributed by atoms with Gasteiger partial charge in [0.1, 0.15) is 5.75 Å². The number of hydrogen-bond acceptors (Lipinski definition) is 5. The number of methoxy groups -OCH3 is 1. The minimum absolute atomic E-state index is 0.0267. The second-order valence-corrected chi connectivity index (χ2v) is 12.4. The van der Waals surface area contributed by atoms with Gasteiger partial charge in [-0.3, -0.25) is 4.79 Å². The van der Waals surface area contributed by atoms with Crippen LogP contribution in [0.15, 0.2) is 59.5 Å². The van der Waals surface area contributed by atoms with Crippen LogP contribution in [0, 0.1) is 11.8 Å². The van der Waals surface area contributed by atoms with Crippen molar-refractivity contribution in [2.24, 2.45) is 11.8 Å². The molecule has 1 aliphatic rings. The van der Waals surface area contributed by atoms with Crippen molar-refractivity contribution in [1.29, 1.82) is 0 Å². The molecular formula is C29H42N2O5S. The van der Waals surface area contributed by atoms with Crippen molar-refractivity contribution in [2.45, 2.75) is 69.9 Å². The number of nitrogens with zero attached hydrogens (tertiary/aromatic N) is 2. The summed E-state index contributed by atoms with van der Waals surface area (Å²) in [5.74, 6) is 0.560. The van der Waals surface area contributed by atoms with Gasteiger partial charge in [-0.05, 0) is 62.4 Å². The number of ether oxygens (including phenoxy) is 1. The molecule has 2 atom stereocenters. The first kappa shape index (κ1) is 29.1. The van der Waals surface area contributed by atoms with Crippen LogP contribution >= 0.6 is 0 Å². The number of aliphatic hydroxyl groups is 1. The highest BCUT2D eigenvalue weighted by molar-refractivity contribution is 7.89. The molecule has 1 fully saturated rings. The van der Waals surface area contributed by atoms with Gasteiger partial charge >= 0.3 is 0 Å². The summed E-state index contributed by atoms with van der Waals surface area (Å²) in [4.78, 5) is 15.6. The standard InChI is InChI=1S/C29H42N2O5S/c1-6-31(28(33)23-12-10-11-13-23)29(4,24-14-8-7-9-15-24)27(32)21-30(20-22(2)3)37(34,35)26-18-16-25(36-5)17-19-26/h7-9,14-19,22-23,27,32H,6,10-13,20-21H2,1-5H3/t27-,29+/m1/s1. The number of rotatable bonds is 12. The molecule has 2 aromatic carbocycles. The Labute approximate surface area is 222 Å². The van der Waals surface area contributed by atoms with Crippen molar-refractivity contribution in [2.75, 3.05) is 26.7 Å². The molecule has 7 nitrogen and oxygen atoms in total. The smallest absolute Gasteiger partial charge is 0.243 e. The first-order valence-electron chi connectivity index (χ1n) is 13.2. The van der Waals surface area contributed by atoms with Gasteiger partial charge in [-0.2, -0.15) is 4.31 Å². The maximum absolute atomic E-state index is 13.7. The van der Waals surface area contributed by atoms with Crippen LogP contribution in [0.4, 0.5) is 0 Å². The van der Waals surface area contributed by atoms with Crippen LogP contribution < -0.4 is 4.74 Å². The van der Waals surface area contributed by atoms with E-state index in [1.54, 1.807) is 17.0 Å². The summed E-state index contributed by atoms with van der Waals surface area (Å²) in [6.07, 6.45) is 2.59. The van der Waals surface area contributed by atoms with E-state index in [0.717, 1.165) is 31.2 Å². The van der Waals surface area contributed by atoms with Crippen LogP contribution in [0.5, 0.6) is 5.75 Å². The normalized spacial score (nSPS) is 17.1. The van der Waals surface area contributed by atoms with Gasteiger partial charge in [-0.15, -0.1) is 0 Å². The van der Waals surface area contributed by atoms with E-state index >= 15 is 0 Å². The van der Waals surface area contributed by atoms with E-state index in [1.165, 1.54) is 23.5 Å². The van der Waals surface area contributed by atoms with Gasteiger partial charge in [0.25, 0.3) is 0 Å². The zero-order chi connectivity index (χ0) is 27.2. The van der Waals surface area contributed by atoms with Crippen molar-refractivity contribution < 1.29 is 23.1 Å². The zero-order valence-electron chi connectivity index (χ0n) is 22.8. The van der Waals surface area contributed by atoms with Gasteiger partial charge in [0, 0.05) is 25.6 Å². The highest BCUT2D eigenvalue weighted by Crippen LogP contribution is 2.37. The van der Waals surface area contributed by atoms with E-state index in [4.69, 9.17) is 4.74 Å². The van der Waals surface area contributed by atoms with Gasteiger partial charge in [0.05, 0.1) is 23.6 Å². The monoisotopic (exact) mass is 530 g/mol. The lowest BCUT2D eigenvalue weighted by atomic mass is 9.83. The third kappa shape index (κ3) is 6.36. The van der Waals surface area contributed by atoms with Gasteiger partial charge in [-0.25, -0.2) is 8.42 Å². The molecule has 204 valence electrons. The molecule has 0 saturated heterocycles. The molecular weight excluding hydrogens is 488 g/mol. The number of sulfonamides is 1. The van der Waals surface area contributed by atoms with Crippen LogP contribution in [0.25, 0.3) is 0 Å². The predicted octanol–water partition coefficient (Wildman–Crippen LogP) is 4.66. The van der Waals surface area contributed by atoms with Crippen molar-refractivity contribution in [3.8, 4) is 5.75 Å². The van der Waals surface area contributed by atoms with Gasteiger partial charge in [0.15, 0.2) is 0 Å². The van der Waals surface area contributed by atoms with Gasteiger partial charge in [-0.1, -0.05) is 57.0 Å². The van der Waals surface area contributed by atoms with E-state index in [0.29, 0.717) is 12.3 Å². The molecule has 1 saturated carbocycles. The fourth-order valence-corrected chi connectivity index (χ4v) is 6.97. The molecule has 0 unspecified atom stereocenters. The highest BCUT2D eigenvalue weighted by Gasteiger charge is 2.46. The molecule has 0 aliphatic heterocycles. The Morgan fingerprint density at radius 3 is 2.16 bits per heavy atom. The SMILES string of the molecule is CCN(C(=O)C1CCCC1)[C@@](C)(c1ccccc1)[C@H](O)CN(CC(C)C)S(=O)(=O)c1ccc(OC)cc1. The average Bonchev–Trinajstić information content (AvgIpc) is 3.44. The van der Waals surface area contributed by atoms with Crippen LogP contribution in [0.3, 0.4) is 0 Å². The maximum atomic E-state index is 13.7. The lowest BCUT2D eigenvalue weighted by Crippen LogP contribution is -2.59. The number of benzene rings is 2. The zero-order valence-corrected chi connectivity index (χ0v) is 23.6.